The van der Waals surface area contributed by atoms with Gasteiger partial charge in [-0.05, 0) is 18.1 Å². The largest absolute Gasteiger partial charge is 0.386 e. The molecule has 1 fully saturated rings. The second-order valence-corrected chi connectivity index (χ2v) is 6.47. The van der Waals surface area contributed by atoms with Gasteiger partial charge < -0.3 is 14.9 Å². The summed E-state index contributed by atoms with van der Waals surface area (Å²) in [5, 5.41) is 21.1. The first-order chi connectivity index (χ1) is 11.6. The Kier molecular flexibility index (Phi) is 5.31. The normalized spacial score (nSPS) is 26.2. The lowest BCUT2D eigenvalue weighted by Gasteiger charge is -2.43. The Morgan fingerprint density at radius 3 is 2.38 bits per heavy atom. The highest BCUT2D eigenvalue weighted by Gasteiger charge is 2.42. The van der Waals surface area contributed by atoms with Crippen LogP contribution in [0.3, 0.4) is 0 Å². The molecule has 2 aromatic rings. The van der Waals surface area contributed by atoms with Gasteiger partial charge in [0, 0.05) is 25.6 Å². The average molecular weight is 327 g/mol. The molecule has 1 aliphatic heterocycles. The fraction of sp³-hybridized carbons (Fsp3) is 0.400. The maximum absolute atomic E-state index is 10.7. The molecule has 0 saturated carbocycles. The molecule has 1 heterocycles. The molecule has 4 heteroatoms. The van der Waals surface area contributed by atoms with Gasteiger partial charge in [-0.2, -0.15) is 0 Å². The van der Waals surface area contributed by atoms with Crippen molar-refractivity contribution in [3.8, 4) is 0 Å². The molecule has 4 nitrogen and oxygen atoms in total. The van der Waals surface area contributed by atoms with Crippen LogP contribution in [0, 0.1) is 0 Å². The Balaban J connectivity index is 1.60. The standard InChI is InChI=1S/C20H25NO3/c1-16(18-10-6-3-7-11-18)21-13-12-20(23,19(22)14-21)24-15-17-8-4-2-5-9-17/h2-11,16,19,22-23H,12-15H2,1H3/t16?,19-,20-/m0/s1. The fourth-order valence-corrected chi connectivity index (χ4v) is 3.17. The number of rotatable bonds is 5. The zero-order valence-electron chi connectivity index (χ0n) is 14.0. The smallest absolute Gasteiger partial charge is 0.194 e. The zero-order chi connectivity index (χ0) is 17.0. The van der Waals surface area contributed by atoms with Gasteiger partial charge in [0.2, 0.25) is 0 Å². The minimum absolute atomic E-state index is 0.194. The van der Waals surface area contributed by atoms with E-state index in [-0.39, 0.29) is 6.04 Å². The molecule has 1 saturated heterocycles. The van der Waals surface area contributed by atoms with E-state index < -0.39 is 11.9 Å². The van der Waals surface area contributed by atoms with E-state index in [1.807, 2.05) is 48.5 Å². The van der Waals surface area contributed by atoms with Crippen LogP contribution in [0.4, 0.5) is 0 Å². The minimum atomic E-state index is -1.48. The number of ether oxygens (including phenoxy) is 1. The van der Waals surface area contributed by atoms with E-state index in [1.165, 1.54) is 5.56 Å². The van der Waals surface area contributed by atoms with Gasteiger partial charge in [0.15, 0.2) is 5.79 Å². The lowest BCUT2D eigenvalue weighted by molar-refractivity contribution is -0.283. The predicted octanol–water partition coefficient (Wildman–Crippen LogP) is 2.72. The third-order valence-electron chi connectivity index (χ3n) is 4.85. The first-order valence-corrected chi connectivity index (χ1v) is 8.46. The summed E-state index contributed by atoms with van der Waals surface area (Å²) in [5.41, 5.74) is 2.19. The predicted molar refractivity (Wildman–Crippen MR) is 93.2 cm³/mol. The van der Waals surface area contributed by atoms with Gasteiger partial charge in [-0.3, -0.25) is 4.90 Å². The van der Waals surface area contributed by atoms with Crippen molar-refractivity contribution in [2.24, 2.45) is 0 Å². The molecule has 0 radical (unpaired) electrons. The van der Waals surface area contributed by atoms with Gasteiger partial charge in [-0.1, -0.05) is 60.7 Å². The van der Waals surface area contributed by atoms with Gasteiger partial charge >= 0.3 is 0 Å². The van der Waals surface area contributed by atoms with Crippen LogP contribution in [-0.2, 0) is 11.3 Å². The summed E-state index contributed by atoms with van der Waals surface area (Å²) in [6, 6.07) is 20.1. The molecule has 3 atom stereocenters. The third-order valence-corrected chi connectivity index (χ3v) is 4.85. The van der Waals surface area contributed by atoms with Crippen LogP contribution in [0.5, 0.6) is 0 Å². The highest BCUT2D eigenvalue weighted by atomic mass is 16.6. The minimum Gasteiger partial charge on any atom is -0.386 e. The maximum Gasteiger partial charge on any atom is 0.194 e. The molecule has 128 valence electrons. The number of piperidine rings is 1. The van der Waals surface area contributed by atoms with Gasteiger partial charge in [0.05, 0.1) is 6.61 Å². The lowest BCUT2D eigenvalue weighted by Crippen LogP contribution is -2.57. The second kappa shape index (κ2) is 7.45. The number of benzene rings is 2. The van der Waals surface area contributed by atoms with E-state index in [0.29, 0.717) is 26.1 Å². The fourth-order valence-electron chi connectivity index (χ4n) is 3.17. The highest BCUT2D eigenvalue weighted by Crippen LogP contribution is 2.30. The molecule has 3 rings (SSSR count). The van der Waals surface area contributed by atoms with Crippen molar-refractivity contribution in [1.29, 1.82) is 0 Å². The van der Waals surface area contributed by atoms with Crippen LogP contribution < -0.4 is 0 Å². The summed E-state index contributed by atoms with van der Waals surface area (Å²) >= 11 is 0. The molecule has 0 aromatic heterocycles. The van der Waals surface area contributed by atoms with E-state index in [4.69, 9.17) is 4.74 Å². The number of hydrogen-bond acceptors (Lipinski definition) is 4. The number of nitrogens with zero attached hydrogens (tertiary/aromatic N) is 1. The van der Waals surface area contributed by atoms with Crippen LogP contribution >= 0.6 is 0 Å². The van der Waals surface area contributed by atoms with Crippen molar-refractivity contribution in [3.63, 3.8) is 0 Å². The van der Waals surface area contributed by atoms with E-state index in [1.54, 1.807) is 0 Å². The molecule has 0 bridgehead atoms. The molecule has 0 spiro atoms. The number of β-amino-alcohol motifs (C(OH)–C–C–N with tert-alkyl or cyclic N) is 1. The highest BCUT2D eigenvalue weighted by molar-refractivity contribution is 5.18. The molecular formula is C20H25NO3. The Morgan fingerprint density at radius 1 is 1.12 bits per heavy atom. The topological polar surface area (TPSA) is 52.9 Å². The Labute approximate surface area is 143 Å². The quantitative estimate of drug-likeness (QED) is 0.829. The average Bonchev–Trinajstić information content (AvgIpc) is 2.63. The summed E-state index contributed by atoms with van der Waals surface area (Å²) in [6.45, 7) is 3.49. The first-order valence-electron chi connectivity index (χ1n) is 8.46. The molecule has 0 amide bonds. The summed E-state index contributed by atoms with van der Waals surface area (Å²) in [7, 11) is 0. The Bertz CT molecular complexity index is 634. The number of aliphatic hydroxyl groups is 2. The van der Waals surface area contributed by atoms with Crippen molar-refractivity contribution in [2.75, 3.05) is 13.1 Å². The molecule has 1 aliphatic rings. The molecule has 2 aromatic carbocycles. The van der Waals surface area contributed by atoms with Crippen LogP contribution in [0.2, 0.25) is 0 Å². The van der Waals surface area contributed by atoms with Crippen LogP contribution in [0.1, 0.15) is 30.5 Å². The van der Waals surface area contributed by atoms with Gasteiger partial charge in [-0.15, -0.1) is 0 Å². The van der Waals surface area contributed by atoms with Gasteiger partial charge in [0.25, 0.3) is 0 Å². The second-order valence-electron chi connectivity index (χ2n) is 6.47. The van der Waals surface area contributed by atoms with Crippen LogP contribution in [0.25, 0.3) is 0 Å². The monoisotopic (exact) mass is 327 g/mol. The molecule has 1 unspecified atom stereocenters. The molecule has 2 N–H and O–H groups in total. The Hall–Kier alpha value is -1.72. The molecular weight excluding hydrogens is 302 g/mol. The van der Waals surface area contributed by atoms with Crippen molar-refractivity contribution < 1.29 is 14.9 Å². The van der Waals surface area contributed by atoms with Crippen molar-refractivity contribution in [1.82, 2.24) is 4.90 Å². The van der Waals surface area contributed by atoms with Gasteiger partial charge in [0.1, 0.15) is 6.10 Å². The van der Waals surface area contributed by atoms with Crippen LogP contribution in [0.15, 0.2) is 60.7 Å². The van der Waals surface area contributed by atoms with Crippen LogP contribution in [-0.4, -0.2) is 40.1 Å². The lowest BCUT2D eigenvalue weighted by atomic mass is 9.97. The Morgan fingerprint density at radius 2 is 1.75 bits per heavy atom. The van der Waals surface area contributed by atoms with E-state index >= 15 is 0 Å². The number of aliphatic hydroxyl groups excluding tert-OH is 1. The van der Waals surface area contributed by atoms with E-state index in [0.717, 1.165) is 5.56 Å². The first kappa shape index (κ1) is 17.1. The van der Waals surface area contributed by atoms with Crippen molar-refractivity contribution in [2.45, 2.75) is 37.9 Å². The number of hydrogen-bond donors (Lipinski definition) is 2. The SMILES string of the molecule is CC(c1ccccc1)N1CC[C@](O)(OCc2ccccc2)[C@@H](O)C1. The number of likely N-dealkylation sites (tertiary alicyclic amines) is 1. The summed E-state index contributed by atoms with van der Waals surface area (Å²) < 4.78 is 5.68. The van der Waals surface area contributed by atoms with Crippen molar-refractivity contribution in [3.05, 3.63) is 71.8 Å². The molecule has 24 heavy (non-hydrogen) atoms. The van der Waals surface area contributed by atoms with Crippen molar-refractivity contribution >= 4 is 0 Å². The maximum atomic E-state index is 10.7. The zero-order valence-corrected chi connectivity index (χ0v) is 14.0. The van der Waals surface area contributed by atoms with E-state index in [9.17, 15) is 10.2 Å². The third kappa shape index (κ3) is 3.84. The van der Waals surface area contributed by atoms with E-state index in [2.05, 4.69) is 24.0 Å². The molecule has 0 aliphatic carbocycles. The summed E-state index contributed by atoms with van der Waals surface area (Å²) in [6.07, 6.45) is -0.542. The summed E-state index contributed by atoms with van der Waals surface area (Å²) in [5.74, 6) is -1.48. The van der Waals surface area contributed by atoms with Gasteiger partial charge in [-0.25, -0.2) is 0 Å². The summed E-state index contributed by atoms with van der Waals surface area (Å²) in [4.78, 5) is 2.18.